The summed E-state index contributed by atoms with van der Waals surface area (Å²) in [6, 6.07) is 11.8. The lowest BCUT2D eigenvalue weighted by atomic mass is 9.63. The molecule has 2 aromatic rings. The van der Waals surface area contributed by atoms with Crippen LogP contribution in [0.15, 0.2) is 36.4 Å². The number of piperidine rings is 2. The predicted octanol–water partition coefficient (Wildman–Crippen LogP) is 4.13. The molecular weight excluding hydrogens is 464 g/mol. The fourth-order valence-corrected chi connectivity index (χ4v) is 6.60. The standard InChI is InChI=1S/C30H36N4O3/c1-20-16-21(6-7-22(20)18-33-14-12-30(13-15-33)10-3-11-30)17-31-25-5-2-4-23-24(25)19-34(29(23)37)26-8-9-27(35)32-28(26)36/h2,4-7,16,26,31H,3,8-15,17-19H2,1H3,(H,32,35,36). The molecule has 3 aliphatic heterocycles. The van der Waals surface area contributed by atoms with Crippen LogP contribution in [0.1, 0.15) is 77.6 Å². The van der Waals surface area contributed by atoms with E-state index in [1.165, 1.54) is 61.9 Å². The number of nitrogens with one attached hydrogen (secondary N) is 2. The summed E-state index contributed by atoms with van der Waals surface area (Å²) in [5, 5.41) is 5.90. The summed E-state index contributed by atoms with van der Waals surface area (Å²) in [5.74, 6) is -0.795. The van der Waals surface area contributed by atoms with E-state index in [1.807, 2.05) is 18.2 Å². The third-order valence-electron chi connectivity index (χ3n) is 9.20. The molecule has 194 valence electrons. The van der Waals surface area contributed by atoms with Crippen LogP contribution in [0.25, 0.3) is 0 Å². The first-order chi connectivity index (χ1) is 17.9. The normalized spacial score (nSPS) is 23.1. The van der Waals surface area contributed by atoms with Gasteiger partial charge in [-0.25, -0.2) is 0 Å². The topological polar surface area (TPSA) is 81.8 Å². The van der Waals surface area contributed by atoms with Crippen molar-refractivity contribution in [3.8, 4) is 0 Å². The van der Waals surface area contributed by atoms with E-state index in [-0.39, 0.29) is 24.1 Å². The number of amides is 3. The Morgan fingerprint density at radius 3 is 2.57 bits per heavy atom. The van der Waals surface area contributed by atoms with Crippen molar-refractivity contribution in [1.82, 2.24) is 15.1 Å². The molecule has 2 saturated heterocycles. The summed E-state index contributed by atoms with van der Waals surface area (Å²) in [7, 11) is 0. The molecule has 1 aliphatic carbocycles. The molecule has 0 radical (unpaired) electrons. The van der Waals surface area contributed by atoms with Gasteiger partial charge in [-0.1, -0.05) is 30.7 Å². The number of rotatable bonds is 6. The number of hydrogen-bond donors (Lipinski definition) is 2. The maximum Gasteiger partial charge on any atom is 0.255 e. The van der Waals surface area contributed by atoms with Crippen LogP contribution in [0.5, 0.6) is 0 Å². The summed E-state index contributed by atoms with van der Waals surface area (Å²) in [6.45, 7) is 6.70. The van der Waals surface area contributed by atoms with Gasteiger partial charge in [0.2, 0.25) is 11.8 Å². The molecule has 2 N–H and O–H groups in total. The Balaban J connectivity index is 1.09. The number of fused-ring (bicyclic) bond motifs is 1. The van der Waals surface area contributed by atoms with Crippen molar-refractivity contribution in [1.29, 1.82) is 0 Å². The molecule has 3 amide bonds. The Hall–Kier alpha value is -3.19. The van der Waals surface area contributed by atoms with Gasteiger partial charge < -0.3 is 10.2 Å². The summed E-state index contributed by atoms with van der Waals surface area (Å²) >= 11 is 0. The molecule has 1 unspecified atom stereocenters. The lowest BCUT2D eigenvalue weighted by molar-refractivity contribution is -0.136. The molecule has 1 spiro atoms. The highest BCUT2D eigenvalue weighted by molar-refractivity contribution is 6.06. The van der Waals surface area contributed by atoms with Crippen LogP contribution >= 0.6 is 0 Å². The molecule has 0 bridgehead atoms. The first-order valence-corrected chi connectivity index (χ1v) is 13.7. The van der Waals surface area contributed by atoms with Crippen LogP contribution in [-0.4, -0.2) is 46.7 Å². The van der Waals surface area contributed by atoms with E-state index in [4.69, 9.17) is 0 Å². The predicted molar refractivity (Wildman–Crippen MR) is 142 cm³/mol. The minimum absolute atomic E-state index is 0.144. The average Bonchev–Trinajstić information content (AvgIpc) is 3.20. The van der Waals surface area contributed by atoms with E-state index in [9.17, 15) is 14.4 Å². The molecule has 3 heterocycles. The average molecular weight is 501 g/mol. The lowest BCUT2D eigenvalue weighted by Gasteiger charge is -2.48. The van der Waals surface area contributed by atoms with Gasteiger partial charge in [0.15, 0.2) is 0 Å². The first kappa shape index (κ1) is 24.2. The second-order valence-corrected chi connectivity index (χ2v) is 11.5. The lowest BCUT2D eigenvalue weighted by Crippen LogP contribution is -2.52. The summed E-state index contributed by atoms with van der Waals surface area (Å²) in [4.78, 5) is 41.2. The second-order valence-electron chi connectivity index (χ2n) is 11.5. The second kappa shape index (κ2) is 9.60. The molecule has 0 aromatic heterocycles. The zero-order chi connectivity index (χ0) is 25.6. The molecule has 37 heavy (non-hydrogen) atoms. The van der Waals surface area contributed by atoms with Crippen LogP contribution in [0, 0.1) is 12.3 Å². The summed E-state index contributed by atoms with van der Waals surface area (Å²) < 4.78 is 0. The van der Waals surface area contributed by atoms with Gasteiger partial charge in [0.05, 0.1) is 0 Å². The molecule has 2 aromatic carbocycles. The minimum Gasteiger partial charge on any atom is -0.381 e. The monoisotopic (exact) mass is 500 g/mol. The Bertz CT molecular complexity index is 1240. The zero-order valence-electron chi connectivity index (χ0n) is 21.6. The number of anilines is 1. The van der Waals surface area contributed by atoms with E-state index >= 15 is 0 Å². The molecule has 7 nitrogen and oxygen atoms in total. The number of hydrogen-bond acceptors (Lipinski definition) is 5. The Morgan fingerprint density at radius 2 is 1.86 bits per heavy atom. The fraction of sp³-hybridized carbons (Fsp3) is 0.500. The highest BCUT2D eigenvalue weighted by atomic mass is 16.2. The Labute approximate surface area is 218 Å². The minimum atomic E-state index is -0.597. The van der Waals surface area contributed by atoms with Gasteiger partial charge in [0.1, 0.15) is 6.04 Å². The van der Waals surface area contributed by atoms with Gasteiger partial charge in [-0.05, 0) is 86.4 Å². The van der Waals surface area contributed by atoms with Crippen molar-refractivity contribution < 1.29 is 14.4 Å². The van der Waals surface area contributed by atoms with Crippen LogP contribution < -0.4 is 10.6 Å². The summed E-state index contributed by atoms with van der Waals surface area (Å²) in [5.41, 5.74) is 7.08. The third kappa shape index (κ3) is 4.65. The van der Waals surface area contributed by atoms with E-state index in [0.29, 0.717) is 30.5 Å². The smallest absolute Gasteiger partial charge is 0.255 e. The summed E-state index contributed by atoms with van der Waals surface area (Å²) in [6.07, 6.45) is 7.66. The van der Waals surface area contributed by atoms with Gasteiger partial charge in [0, 0.05) is 42.9 Å². The highest BCUT2D eigenvalue weighted by Gasteiger charge is 2.40. The zero-order valence-corrected chi connectivity index (χ0v) is 21.6. The SMILES string of the molecule is Cc1cc(CNc2cccc3c2CN(C2CCC(=O)NC2=O)C3=O)ccc1CN1CCC2(CCC2)CC1. The Kier molecular flexibility index (Phi) is 6.27. The molecule has 4 aliphatic rings. The maximum atomic E-state index is 13.1. The fourth-order valence-electron chi connectivity index (χ4n) is 6.60. The largest absolute Gasteiger partial charge is 0.381 e. The molecule has 7 heteroatoms. The molecule has 1 saturated carbocycles. The van der Waals surface area contributed by atoms with E-state index in [1.54, 1.807) is 4.90 Å². The van der Waals surface area contributed by atoms with Crippen molar-refractivity contribution in [3.63, 3.8) is 0 Å². The van der Waals surface area contributed by atoms with Crippen molar-refractivity contribution in [2.24, 2.45) is 5.41 Å². The van der Waals surface area contributed by atoms with Crippen LogP contribution in [-0.2, 0) is 29.2 Å². The maximum absolute atomic E-state index is 13.1. The van der Waals surface area contributed by atoms with Gasteiger partial charge >= 0.3 is 0 Å². The van der Waals surface area contributed by atoms with Crippen LogP contribution in [0.4, 0.5) is 5.69 Å². The number of likely N-dealkylation sites (tertiary alicyclic amines) is 1. The number of imide groups is 1. The molecule has 6 rings (SSSR count). The van der Waals surface area contributed by atoms with Gasteiger partial charge in [-0.15, -0.1) is 0 Å². The molecule has 1 atom stereocenters. The molecule has 3 fully saturated rings. The van der Waals surface area contributed by atoms with Gasteiger partial charge in [0.25, 0.3) is 5.91 Å². The van der Waals surface area contributed by atoms with Crippen molar-refractivity contribution >= 4 is 23.4 Å². The van der Waals surface area contributed by atoms with E-state index in [2.05, 4.69) is 40.7 Å². The van der Waals surface area contributed by atoms with E-state index < -0.39 is 6.04 Å². The highest BCUT2D eigenvalue weighted by Crippen LogP contribution is 2.49. The number of carbonyl (C=O) groups excluding carboxylic acids is 3. The van der Waals surface area contributed by atoms with Crippen LogP contribution in [0.2, 0.25) is 0 Å². The Morgan fingerprint density at radius 1 is 1.05 bits per heavy atom. The third-order valence-corrected chi connectivity index (χ3v) is 9.20. The number of nitrogens with zero attached hydrogens (tertiary/aromatic N) is 2. The van der Waals surface area contributed by atoms with Crippen LogP contribution in [0.3, 0.4) is 0 Å². The number of benzene rings is 2. The molecular formula is C30H36N4O3. The number of aryl methyl sites for hydroxylation is 1. The quantitative estimate of drug-likeness (QED) is 0.583. The van der Waals surface area contributed by atoms with Crippen molar-refractivity contribution in [2.45, 2.75) is 77.5 Å². The van der Waals surface area contributed by atoms with E-state index in [0.717, 1.165) is 17.8 Å². The van der Waals surface area contributed by atoms with Gasteiger partial charge in [-0.3, -0.25) is 24.6 Å². The number of carbonyl (C=O) groups is 3. The van der Waals surface area contributed by atoms with Gasteiger partial charge in [-0.2, -0.15) is 0 Å². The van der Waals surface area contributed by atoms with Crippen molar-refractivity contribution in [2.75, 3.05) is 18.4 Å². The van der Waals surface area contributed by atoms with Crippen molar-refractivity contribution in [3.05, 3.63) is 64.2 Å². The first-order valence-electron chi connectivity index (χ1n) is 13.7.